The maximum atomic E-state index is 13.9. The van der Waals surface area contributed by atoms with E-state index in [9.17, 15) is 27.6 Å². The topological polar surface area (TPSA) is 159 Å². The van der Waals surface area contributed by atoms with E-state index in [1.165, 1.54) is 18.3 Å². The highest BCUT2D eigenvalue weighted by atomic mass is 32.2. The van der Waals surface area contributed by atoms with Gasteiger partial charge in [0.05, 0.1) is 17.5 Å². The molecule has 1 aromatic carbocycles. The van der Waals surface area contributed by atoms with Crippen LogP contribution in [0.2, 0.25) is 0 Å². The van der Waals surface area contributed by atoms with E-state index in [4.69, 9.17) is 18.4 Å². The molecule has 3 heterocycles. The van der Waals surface area contributed by atoms with Gasteiger partial charge in [-0.05, 0) is 110 Å². The van der Waals surface area contributed by atoms with Crippen molar-refractivity contribution < 1.29 is 46.0 Å². The Bertz CT molecular complexity index is 1730. The van der Waals surface area contributed by atoms with E-state index in [0.29, 0.717) is 62.7 Å². The van der Waals surface area contributed by atoms with Crippen LogP contribution < -0.4 is 4.74 Å². The van der Waals surface area contributed by atoms with Crippen LogP contribution in [0.4, 0.5) is 4.79 Å². The molecule has 304 valence electrons. The summed E-state index contributed by atoms with van der Waals surface area (Å²) in [4.78, 5) is 60.5. The van der Waals surface area contributed by atoms with Gasteiger partial charge in [-0.2, -0.15) is 8.42 Å². The minimum Gasteiger partial charge on any atom is -0.490 e. The van der Waals surface area contributed by atoms with Crippen LogP contribution in [-0.4, -0.2) is 97.5 Å². The molecular weight excluding hydrogens is 727 g/mol. The van der Waals surface area contributed by atoms with Gasteiger partial charge in [0.25, 0.3) is 10.1 Å². The van der Waals surface area contributed by atoms with Crippen LogP contribution in [0.15, 0.2) is 47.6 Å². The normalized spacial score (nSPS) is 17.7. The van der Waals surface area contributed by atoms with Crippen molar-refractivity contribution in [3.05, 3.63) is 53.9 Å². The first-order valence-electron chi connectivity index (χ1n) is 19.3. The van der Waals surface area contributed by atoms with Gasteiger partial charge in [0.1, 0.15) is 35.9 Å². The maximum absolute atomic E-state index is 13.9. The number of aromatic nitrogens is 1. The number of carbonyl (C=O) groups is 4. The summed E-state index contributed by atoms with van der Waals surface area (Å²) >= 11 is 0. The van der Waals surface area contributed by atoms with E-state index in [1.807, 2.05) is 27.7 Å². The third-order valence-corrected chi connectivity index (χ3v) is 11.0. The van der Waals surface area contributed by atoms with Crippen molar-refractivity contribution in [2.45, 2.75) is 122 Å². The minimum absolute atomic E-state index is 0.0297. The number of benzene rings is 1. The molecule has 2 aliphatic rings. The van der Waals surface area contributed by atoms with Gasteiger partial charge < -0.3 is 24.0 Å². The fraction of sp³-hybridized carbons (Fsp3) is 0.634. The van der Waals surface area contributed by atoms with Crippen LogP contribution in [0.5, 0.6) is 5.75 Å². The van der Waals surface area contributed by atoms with Crippen molar-refractivity contribution in [1.29, 1.82) is 0 Å². The first-order chi connectivity index (χ1) is 25.8. The van der Waals surface area contributed by atoms with Gasteiger partial charge in [0, 0.05) is 57.1 Å². The second kappa shape index (κ2) is 19.2. The molecule has 2 amide bonds. The number of aryl methyl sites for hydroxylation is 1. The van der Waals surface area contributed by atoms with Gasteiger partial charge in [0.15, 0.2) is 0 Å². The molecule has 13 nitrogen and oxygen atoms in total. The number of Topliss-reactive ketones (excluding diaryl/α,β-unsaturated/α-hetero) is 1. The minimum atomic E-state index is -3.96. The molecule has 14 heteroatoms. The smallest absolute Gasteiger partial charge is 0.410 e. The number of rotatable bonds is 15. The van der Waals surface area contributed by atoms with Crippen molar-refractivity contribution in [2.75, 3.05) is 39.4 Å². The van der Waals surface area contributed by atoms with E-state index < -0.39 is 33.2 Å². The maximum Gasteiger partial charge on any atom is 0.410 e. The summed E-state index contributed by atoms with van der Waals surface area (Å²) in [6.07, 6.45) is 6.86. The predicted molar refractivity (Wildman–Crippen MR) is 206 cm³/mol. The third-order valence-electron chi connectivity index (χ3n) is 9.65. The largest absolute Gasteiger partial charge is 0.490 e. The number of pyridine rings is 1. The van der Waals surface area contributed by atoms with Gasteiger partial charge >= 0.3 is 12.1 Å². The van der Waals surface area contributed by atoms with E-state index in [-0.39, 0.29) is 54.7 Å². The summed E-state index contributed by atoms with van der Waals surface area (Å²) in [6.45, 7) is 14.6. The van der Waals surface area contributed by atoms with E-state index in [2.05, 4.69) is 4.98 Å². The summed E-state index contributed by atoms with van der Waals surface area (Å²) in [6, 6.07) is 8.04. The zero-order chi connectivity index (χ0) is 40.4. The molecule has 0 radical (unpaired) electrons. The van der Waals surface area contributed by atoms with E-state index in [0.717, 1.165) is 24.8 Å². The highest BCUT2D eigenvalue weighted by Crippen LogP contribution is 2.31. The Hall–Kier alpha value is -4.04. The van der Waals surface area contributed by atoms with Crippen LogP contribution in [0, 0.1) is 18.8 Å². The standard InChI is InChI=1S/C41H59N3O10S/c1-29-10-13-35(14-11-29)55(49,50)52-22-21-51-34-23-33(26-42-27-34)32(25-38(47)53-40(2,3)4)24-36(45)31-9-8-18-44(28-31)37(46)15-12-30-16-19-43(20-17-30)39(48)54-41(5,6)7/h10-11,13-14,23,26-27,30-32H,8-9,12,15-22,24-25,28H2,1-7H3/t31-,32+/m1/s1. The number of carbonyl (C=O) groups excluding carboxylic acids is 4. The Morgan fingerprint density at radius 2 is 1.53 bits per heavy atom. The zero-order valence-corrected chi connectivity index (χ0v) is 34.3. The molecule has 1 aromatic heterocycles. The summed E-state index contributed by atoms with van der Waals surface area (Å²) < 4.78 is 47.1. The Balaban J connectivity index is 1.32. The molecule has 2 atom stereocenters. The zero-order valence-electron chi connectivity index (χ0n) is 33.5. The molecule has 2 aromatic rings. The summed E-state index contributed by atoms with van der Waals surface area (Å²) in [5.41, 5.74) is 0.272. The van der Waals surface area contributed by atoms with Crippen LogP contribution in [0.3, 0.4) is 0 Å². The van der Waals surface area contributed by atoms with Crippen LogP contribution in [-0.2, 0) is 38.2 Å². The lowest BCUT2D eigenvalue weighted by molar-refractivity contribution is -0.155. The monoisotopic (exact) mass is 785 g/mol. The van der Waals surface area contributed by atoms with Gasteiger partial charge in [-0.3, -0.25) is 23.6 Å². The number of nitrogens with zero attached hydrogens (tertiary/aromatic N) is 3. The molecule has 0 spiro atoms. The Kier molecular flexibility index (Phi) is 15.3. The molecule has 0 aliphatic carbocycles. The molecule has 2 saturated heterocycles. The lowest BCUT2D eigenvalue weighted by Gasteiger charge is -2.35. The molecule has 55 heavy (non-hydrogen) atoms. The molecule has 2 fully saturated rings. The van der Waals surface area contributed by atoms with E-state index in [1.54, 1.807) is 55.0 Å². The summed E-state index contributed by atoms with van der Waals surface area (Å²) in [5, 5.41) is 0. The molecular formula is C41H59N3O10S. The number of ketones is 1. The first kappa shape index (κ1) is 43.7. The molecule has 0 unspecified atom stereocenters. The molecule has 0 saturated carbocycles. The summed E-state index contributed by atoms with van der Waals surface area (Å²) in [5.74, 6) is -0.719. The van der Waals surface area contributed by atoms with Crippen molar-refractivity contribution in [1.82, 2.24) is 14.8 Å². The number of ether oxygens (including phenoxy) is 3. The number of hydrogen-bond acceptors (Lipinski definition) is 11. The average Bonchev–Trinajstić information content (AvgIpc) is 3.11. The molecule has 0 bridgehead atoms. The lowest BCUT2D eigenvalue weighted by atomic mass is 9.84. The van der Waals surface area contributed by atoms with Gasteiger partial charge in [-0.15, -0.1) is 0 Å². The number of hydrogen-bond donors (Lipinski definition) is 0. The SMILES string of the molecule is Cc1ccc(S(=O)(=O)OCCOc2cncc([C@H](CC(=O)OC(C)(C)C)CC(=O)[C@@H]3CCCN(C(=O)CCC4CCN(C(=O)OC(C)(C)C)CC4)C3)c2)cc1. The van der Waals surface area contributed by atoms with E-state index >= 15 is 0 Å². The Labute approximate surface area is 326 Å². The Morgan fingerprint density at radius 1 is 0.855 bits per heavy atom. The molecule has 2 aliphatic heterocycles. The first-order valence-corrected chi connectivity index (χ1v) is 20.7. The van der Waals surface area contributed by atoms with Crippen molar-refractivity contribution >= 4 is 33.9 Å². The summed E-state index contributed by atoms with van der Waals surface area (Å²) in [7, 11) is -3.96. The van der Waals surface area contributed by atoms with Crippen molar-refractivity contribution in [2.24, 2.45) is 11.8 Å². The van der Waals surface area contributed by atoms with Crippen molar-refractivity contribution in [3.8, 4) is 5.75 Å². The van der Waals surface area contributed by atoms with Gasteiger partial charge in [-0.25, -0.2) is 4.79 Å². The second-order valence-electron chi connectivity index (χ2n) is 16.7. The molecule has 4 rings (SSSR count). The number of likely N-dealkylation sites (tertiary alicyclic amines) is 2. The molecule has 0 N–H and O–H groups in total. The van der Waals surface area contributed by atoms with Crippen molar-refractivity contribution in [3.63, 3.8) is 0 Å². The van der Waals surface area contributed by atoms with Gasteiger partial charge in [-0.1, -0.05) is 17.7 Å². The fourth-order valence-electron chi connectivity index (χ4n) is 6.80. The third kappa shape index (κ3) is 14.5. The average molecular weight is 786 g/mol. The van der Waals surface area contributed by atoms with Gasteiger partial charge in [0.2, 0.25) is 5.91 Å². The predicted octanol–water partition coefficient (Wildman–Crippen LogP) is 6.61. The highest BCUT2D eigenvalue weighted by molar-refractivity contribution is 7.86. The van der Waals surface area contributed by atoms with Crippen LogP contribution in [0.1, 0.15) is 110 Å². The number of piperidine rings is 2. The highest BCUT2D eigenvalue weighted by Gasteiger charge is 2.33. The fourth-order valence-corrected chi connectivity index (χ4v) is 7.69. The van der Waals surface area contributed by atoms with Crippen LogP contribution >= 0.6 is 0 Å². The number of amides is 2. The number of esters is 1. The second-order valence-corrected chi connectivity index (χ2v) is 18.3. The Morgan fingerprint density at radius 3 is 2.18 bits per heavy atom. The quantitative estimate of drug-likeness (QED) is 0.109. The lowest BCUT2D eigenvalue weighted by Crippen LogP contribution is -2.43. The van der Waals surface area contributed by atoms with Crippen LogP contribution in [0.25, 0.3) is 0 Å².